The largest absolute Gasteiger partial charge is 0.425 e. The van der Waals surface area contributed by atoms with Gasteiger partial charge in [0.05, 0.1) is 5.41 Å². The molecule has 1 N–H and O–H groups in total. The third kappa shape index (κ3) is 4.69. The van der Waals surface area contributed by atoms with Gasteiger partial charge in [-0.2, -0.15) is 0 Å². The zero-order chi connectivity index (χ0) is 11.4. The minimum atomic E-state index is -0.873. The van der Waals surface area contributed by atoms with Crippen LogP contribution < -0.4 is 5.32 Å². The molecular weight excluding hydrogens is 186 g/mol. The van der Waals surface area contributed by atoms with E-state index in [1.807, 2.05) is 0 Å². The smallest absolute Gasteiger partial charge is 0.409 e. The van der Waals surface area contributed by atoms with Crippen LogP contribution >= 0.6 is 0 Å². The molecule has 0 saturated carbocycles. The molecule has 0 radical (unpaired) electrons. The average molecular weight is 203 g/mol. The normalized spacial score (nSPS) is 12.9. The van der Waals surface area contributed by atoms with Crippen LogP contribution in [0, 0.1) is 5.41 Å². The van der Waals surface area contributed by atoms with Crippen molar-refractivity contribution < 1.29 is 19.1 Å². The van der Waals surface area contributed by atoms with Gasteiger partial charge in [-0.3, -0.25) is 4.79 Å². The number of carbonyl (C=O) groups excluding carboxylic acids is 2. The minimum absolute atomic E-state index is 0.408. The quantitative estimate of drug-likeness (QED) is 0.542. The fourth-order valence-electron chi connectivity index (χ4n) is 0.561. The van der Waals surface area contributed by atoms with Crippen molar-refractivity contribution in [2.75, 3.05) is 7.05 Å². The summed E-state index contributed by atoms with van der Waals surface area (Å²) in [6, 6.07) is 0. The van der Waals surface area contributed by atoms with E-state index < -0.39 is 23.8 Å². The number of ether oxygens (including phenoxy) is 2. The zero-order valence-electron chi connectivity index (χ0n) is 9.21. The molecule has 1 unspecified atom stereocenters. The number of hydrogen-bond acceptors (Lipinski definition) is 4. The Labute approximate surface area is 83.8 Å². The Morgan fingerprint density at radius 3 is 2.07 bits per heavy atom. The average Bonchev–Trinajstić information content (AvgIpc) is 2.02. The first-order valence-corrected chi connectivity index (χ1v) is 4.37. The molecule has 1 atom stereocenters. The molecule has 14 heavy (non-hydrogen) atoms. The Morgan fingerprint density at radius 1 is 1.21 bits per heavy atom. The number of nitrogens with one attached hydrogen (secondary N) is 1. The summed E-state index contributed by atoms with van der Waals surface area (Å²) in [5.74, 6) is -0.408. The van der Waals surface area contributed by atoms with Crippen molar-refractivity contribution in [2.24, 2.45) is 5.41 Å². The molecule has 82 valence electrons. The molecule has 0 aromatic carbocycles. The van der Waals surface area contributed by atoms with Crippen LogP contribution in [-0.2, 0) is 14.3 Å². The van der Waals surface area contributed by atoms with Gasteiger partial charge < -0.3 is 14.8 Å². The molecule has 1 amide bonds. The molecule has 0 aliphatic heterocycles. The van der Waals surface area contributed by atoms with Gasteiger partial charge in [0, 0.05) is 14.0 Å². The summed E-state index contributed by atoms with van der Waals surface area (Å²) >= 11 is 0. The summed E-state index contributed by atoms with van der Waals surface area (Å²) in [5, 5.41) is 2.26. The van der Waals surface area contributed by atoms with Gasteiger partial charge >= 0.3 is 12.1 Å². The number of amides is 1. The number of alkyl carbamates (subject to hydrolysis) is 1. The lowest BCUT2D eigenvalue weighted by Crippen LogP contribution is -2.31. The highest BCUT2D eigenvalue weighted by Crippen LogP contribution is 2.16. The second kappa shape index (κ2) is 4.83. The highest BCUT2D eigenvalue weighted by atomic mass is 16.7. The molecule has 0 aliphatic rings. The summed E-state index contributed by atoms with van der Waals surface area (Å²) in [6.07, 6.45) is -1.50. The van der Waals surface area contributed by atoms with Crippen molar-refractivity contribution in [2.45, 2.75) is 34.0 Å². The van der Waals surface area contributed by atoms with E-state index in [1.54, 1.807) is 20.8 Å². The highest BCUT2D eigenvalue weighted by molar-refractivity contribution is 5.75. The van der Waals surface area contributed by atoms with Gasteiger partial charge in [-0.05, 0) is 20.8 Å². The van der Waals surface area contributed by atoms with Gasteiger partial charge in [-0.1, -0.05) is 0 Å². The zero-order valence-corrected chi connectivity index (χ0v) is 9.21. The van der Waals surface area contributed by atoms with E-state index in [4.69, 9.17) is 4.74 Å². The third-order valence-electron chi connectivity index (χ3n) is 1.36. The Kier molecular flexibility index (Phi) is 4.40. The first kappa shape index (κ1) is 12.7. The molecule has 0 saturated heterocycles. The van der Waals surface area contributed by atoms with Crippen molar-refractivity contribution in [1.29, 1.82) is 0 Å². The van der Waals surface area contributed by atoms with Gasteiger partial charge in [-0.15, -0.1) is 0 Å². The van der Waals surface area contributed by atoms with Gasteiger partial charge in [-0.25, -0.2) is 4.79 Å². The Bertz CT molecular complexity index is 219. The van der Waals surface area contributed by atoms with Crippen molar-refractivity contribution in [3.63, 3.8) is 0 Å². The molecule has 5 nitrogen and oxygen atoms in total. The predicted molar refractivity (Wildman–Crippen MR) is 50.5 cm³/mol. The minimum Gasteiger partial charge on any atom is -0.425 e. The van der Waals surface area contributed by atoms with E-state index in [0.29, 0.717) is 0 Å². The lowest BCUT2D eigenvalue weighted by molar-refractivity contribution is -0.174. The lowest BCUT2D eigenvalue weighted by Gasteiger charge is -2.20. The maximum atomic E-state index is 11.3. The van der Waals surface area contributed by atoms with Crippen molar-refractivity contribution >= 4 is 12.1 Å². The maximum Gasteiger partial charge on any atom is 0.409 e. The van der Waals surface area contributed by atoms with Crippen LogP contribution in [0.1, 0.15) is 27.7 Å². The SMILES string of the molecule is CNC(=O)OC(C)OC(=O)C(C)(C)C. The molecule has 0 spiro atoms. The van der Waals surface area contributed by atoms with Gasteiger partial charge in [0.1, 0.15) is 0 Å². The fourth-order valence-corrected chi connectivity index (χ4v) is 0.561. The number of rotatable bonds is 2. The first-order chi connectivity index (χ1) is 6.27. The molecule has 0 rings (SSSR count). The Morgan fingerprint density at radius 2 is 1.71 bits per heavy atom. The van der Waals surface area contributed by atoms with E-state index in [-0.39, 0.29) is 0 Å². The summed E-state index contributed by atoms with van der Waals surface area (Å²) in [7, 11) is 1.43. The molecule has 0 heterocycles. The van der Waals surface area contributed by atoms with Crippen LogP contribution in [0.15, 0.2) is 0 Å². The Hall–Kier alpha value is -1.26. The van der Waals surface area contributed by atoms with E-state index in [2.05, 4.69) is 10.1 Å². The summed E-state index contributed by atoms with van der Waals surface area (Å²) in [5.41, 5.74) is -0.597. The third-order valence-corrected chi connectivity index (χ3v) is 1.36. The van der Waals surface area contributed by atoms with Crippen LogP contribution in [0.5, 0.6) is 0 Å². The van der Waals surface area contributed by atoms with E-state index >= 15 is 0 Å². The lowest BCUT2D eigenvalue weighted by atomic mass is 9.97. The monoisotopic (exact) mass is 203 g/mol. The van der Waals surface area contributed by atoms with Crippen LogP contribution in [0.2, 0.25) is 0 Å². The van der Waals surface area contributed by atoms with Crippen LogP contribution in [0.25, 0.3) is 0 Å². The van der Waals surface area contributed by atoms with E-state index in [0.717, 1.165) is 0 Å². The molecule has 0 aromatic heterocycles. The molecule has 5 heteroatoms. The molecular formula is C9H17NO4. The van der Waals surface area contributed by atoms with Crippen molar-refractivity contribution in [3.8, 4) is 0 Å². The topological polar surface area (TPSA) is 64.6 Å². The summed E-state index contributed by atoms with van der Waals surface area (Å²) in [4.78, 5) is 22.0. The molecule has 0 bridgehead atoms. The summed E-state index contributed by atoms with van der Waals surface area (Å²) < 4.78 is 9.54. The second-order valence-corrected chi connectivity index (χ2v) is 3.88. The highest BCUT2D eigenvalue weighted by Gasteiger charge is 2.25. The van der Waals surface area contributed by atoms with Gasteiger partial charge in [0.25, 0.3) is 0 Å². The van der Waals surface area contributed by atoms with Crippen LogP contribution in [-0.4, -0.2) is 25.4 Å². The number of carbonyl (C=O) groups is 2. The first-order valence-electron chi connectivity index (χ1n) is 4.37. The molecule has 0 aliphatic carbocycles. The number of esters is 1. The fraction of sp³-hybridized carbons (Fsp3) is 0.778. The molecule has 0 aromatic rings. The number of hydrogen-bond donors (Lipinski definition) is 1. The Balaban J connectivity index is 4.01. The summed E-state index contributed by atoms with van der Waals surface area (Å²) in [6.45, 7) is 6.66. The maximum absolute atomic E-state index is 11.3. The van der Waals surface area contributed by atoms with Gasteiger partial charge in [0.15, 0.2) is 0 Å². The van der Waals surface area contributed by atoms with Crippen molar-refractivity contribution in [1.82, 2.24) is 5.32 Å². The van der Waals surface area contributed by atoms with Crippen LogP contribution in [0.4, 0.5) is 4.79 Å². The predicted octanol–water partition coefficient (Wildman–Crippen LogP) is 1.28. The van der Waals surface area contributed by atoms with Crippen molar-refractivity contribution in [3.05, 3.63) is 0 Å². The van der Waals surface area contributed by atoms with Gasteiger partial charge in [0.2, 0.25) is 6.29 Å². The van der Waals surface area contributed by atoms with Crippen LogP contribution in [0.3, 0.4) is 0 Å². The second-order valence-electron chi connectivity index (χ2n) is 3.88. The standard InChI is InChI=1S/C9H17NO4/c1-6(14-8(12)10-5)13-7(11)9(2,3)4/h6H,1-5H3,(H,10,12). The molecule has 0 fully saturated rings. The van der Waals surface area contributed by atoms with E-state index in [9.17, 15) is 9.59 Å². The van der Waals surface area contributed by atoms with E-state index in [1.165, 1.54) is 14.0 Å².